The largest absolute Gasteiger partial charge is 0.372 e. The minimum Gasteiger partial charge on any atom is -0.372 e. The van der Waals surface area contributed by atoms with Crippen molar-refractivity contribution in [2.75, 3.05) is 5.32 Å². The molecule has 2 unspecified atom stereocenters. The van der Waals surface area contributed by atoms with E-state index >= 15 is 0 Å². The number of carbonyl (C=O) groups excluding carboxylic acids is 1. The van der Waals surface area contributed by atoms with Gasteiger partial charge in [-0.2, -0.15) is 0 Å². The Hall–Kier alpha value is -1.58. The number of hydrogen-bond donors (Lipinski definition) is 2. The minimum atomic E-state index is -0.463. The fraction of sp³-hybridized carbons (Fsp3) is 0.500. The summed E-state index contributed by atoms with van der Waals surface area (Å²) in [4.78, 5) is 11.8. The average Bonchev–Trinajstić information content (AvgIpc) is 2.33. The summed E-state index contributed by atoms with van der Waals surface area (Å²) in [7, 11) is 0. The number of benzene rings is 1. The Kier molecular flexibility index (Phi) is 5.13. The van der Waals surface area contributed by atoms with Gasteiger partial charge >= 0.3 is 0 Å². The van der Waals surface area contributed by atoms with Crippen LogP contribution in [-0.4, -0.2) is 18.0 Å². The summed E-state index contributed by atoms with van der Waals surface area (Å²) < 4.78 is 13.5. The monoisotopic (exact) mass is 252 g/mol. The van der Waals surface area contributed by atoms with Crippen molar-refractivity contribution in [3.8, 4) is 0 Å². The predicted octanol–water partition coefficient (Wildman–Crippen LogP) is 2.85. The molecule has 0 aromatic heterocycles. The zero-order valence-corrected chi connectivity index (χ0v) is 11.4. The molecule has 2 N–H and O–H groups in total. The summed E-state index contributed by atoms with van der Waals surface area (Å²) in [6.07, 6.45) is 0.872. The Morgan fingerprint density at radius 3 is 2.67 bits per heavy atom. The highest BCUT2D eigenvalue weighted by atomic mass is 19.1. The summed E-state index contributed by atoms with van der Waals surface area (Å²) in [6.45, 7) is 7.55. The molecule has 1 aromatic rings. The Labute approximate surface area is 108 Å². The predicted molar refractivity (Wildman–Crippen MR) is 72.1 cm³/mol. The molecule has 100 valence electrons. The van der Waals surface area contributed by atoms with E-state index in [1.807, 2.05) is 20.8 Å². The van der Waals surface area contributed by atoms with Gasteiger partial charge in [0.1, 0.15) is 11.9 Å². The van der Waals surface area contributed by atoms with Crippen LogP contribution in [0.1, 0.15) is 32.8 Å². The lowest BCUT2D eigenvalue weighted by Crippen LogP contribution is -2.42. The summed E-state index contributed by atoms with van der Waals surface area (Å²) >= 11 is 0. The van der Waals surface area contributed by atoms with Crippen LogP contribution in [0, 0.1) is 12.7 Å². The maximum absolute atomic E-state index is 13.5. The molecular formula is C14H21FN2O. The third-order valence-electron chi connectivity index (χ3n) is 2.89. The van der Waals surface area contributed by atoms with Crippen molar-refractivity contribution in [2.45, 2.75) is 46.2 Å². The number of hydrogen-bond acceptors (Lipinski definition) is 2. The molecule has 0 bridgehead atoms. The van der Waals surface area contributed by atoms with Crippen LogP contribution < -0.4 is 10.6 Å². The normalized spacial score (nSPS) is 13.8. The Morgan fingerprint density at radius 1 is 1.39 bits per heavy atom. The average molecular weight is 252 g/mol. The summed E-state index contributed by atoms with van der Waals surface area (Å²) in [5.41, 5.74) is 1.32. The fourth-order valence-electron chi connectivity index (χ4n) is 1.52. The first-order valence-electron chi connectivity index (χ1n) is 6.27. The number of halogens is 1. The van der Waals surface area contributed by atoms with E-state index in [-0.39, 0.29) is 17.8 Å². The van der Waals surface area contributed by atoms with Crippen LogP contribution >= 0.6 is 0 Å². The van der Waals surface area contributed by atoms with Crippen molar-refractivity contribution in [1.82, 2.24) is 5.32 Å². The van der Waals surface area contributed by atoms with Crippen molar-refractivity contribution in [3.63, 3.8) is 0 Å². The number of anilines is 1. The third-order valence-corrected chi connectivity index (χ3v) is 2.89. The zero-order chi connectivity index (χ0) is 13.7. The molecule has 0 saturated heterocycles. The van der Waals surface area contributed by atoms with Gasteiger partial charge in [0.2, 0.25) is 5.91 Å². The number of carbonyl (C=O) groups is 1. The summed E-state index contributed by atoms with van der Waals surface area (Å²) in [5, 5.41) is 5.75. The van der Waals surface area contributed by atoms with E-state index in [4.69, 9.17) is 0 Å². The van der Waals surface area contributed by atoms with Gasteiger partial charge in [0.15, 0.2) is 0 Å². The summed E-state index contributed by atoms with van der Waals surface area (Å²) in [5.74, 6) is -0.464. The highest BCUT2D eigenvalue weighted by molar-refractivity contribution is 5.84. The van der Waals surface area contributed by atoms with Crippen LogP contribution in [-0.2, 0) is 4.79 Å². The van der Waals surface area contributed by atoms with Gasteiger partial charge in [0, 0.05) is 6.04 Å². The molecule has 1 aromatic carbocycles. The molecule has 2 atom stereocenters. The highest BCUT2D eigenvalue weighted by Crippen LogP contribution is 2.16. The van der Waals surface area contributed by atoms with E-state index in [0.29, 0.717) is 5.69 Å². The molecule has 1 rings (SSSR count). The number of rotatable bonds is 5. The smallest absolute Gasteiger partial charge is 0.242 e. The van der Waals surface area contributed by atoms with E-state index in [9.17, 15) is 9.18 Å². The topological polar surface area (TPSA) is 41.1 Å². The molecule has 1 amide bonds. The van der Waals surface area contributed by atoms with Gasteiger partial charge in [-0.15, -0.1) is 0 Å². The van der Waals surface area contributed by atoms with Crippen molar-refractivity contribution in [3.05, 3.63) is 29.6 Å². The van der Waals surface area contributed by atoms with Crippen LogP contribution in [0.2, 0.25) is 0 Å². The highest BCUT2D eigenvalue weighted by Gasteiger charge is 2.15. The molecule has 0 spiro atoms. The van der Waals surface area contributed by atoms with Gasteiger partial charge in [0.25, 0.3) is 0 Å². The molecule has 0 aliphatic heterocycles. The van der Waals surface area contributed by atoms with Crippen LogP contribution in [0.15, 0.2) is 18.2 Å². The third kappa shape index (κ3) is 4.02. The molecule has 4 heteroatoms. The molecule has 0 saturated carbocycles. The van der Waals surface area contributed by atoms with Gasteiger partial charge < -0.3 is 10.6 Å². The van der Waals surface area contributed by atoms with Gasteiger partial charge in [-0.25, -0.2) is 4.39 Å². The molecule has 18 heavy (non-hydrogen) atoms. The lowest BCUT2D eigenvalue weighted by atomic mass is 10.2. The first-order valence-corrected chi connectivity index (χ1v) is 6.27. The Bertz CT molecular complexity index is 420. The molecule has 0 aliphatic carbocycles. The van der Waals surface area contributed by atoms with Gasteiger partial charge in [-0.3, -0.25) is 4.79 Å². The molecule has 0 aliphatic rings. The van der Waals surface area contributed by atoms with Gasteiger partial charge in [-0.1, -0.05) is 13.0 Å². The van der Waals surface area contributed by atoms with Crippen molar-refractivity contribution in [2.24, 2.45) is 0 Å². The van der Waals surface area contributed by atoms with Crippen LogP contribution in [0.3, 0.4) is 0 Å². The van der Waals surface area contributed by atoms with E-state index in [0.717, 1.165) is 12.0 Å². The maximum Gasteiger partial charge on any atom is 0.242 e. The number of nitrogens with one attached hydrogen (secondary N) is 2. The minimum absolute atomic E-state index is 0.120. The maximum atomic E-state index is 13.5. The second-order valence-electron chi connectivity index (χ2n) is 4.67. The van der Waals surface area contributed by atoms with E-state index in [1.54, 1.807) is 19.1 Å². The first kappa shape index (κ1) is 14.5. The SMILES string of the molecule is CCC(C)NC(=O)C(C)Nc1cc(C)ccc1F. The van der Waals surface area contributed by atoms with Crippen molar-refractivity contribution >= 4 is 11.6 Å². The number of aryl methyl sites for hydroxylation is 1. The second kappa shape index (κ2) is 6.38. The van der Waals surface area contributed by atoms with E-state index in [1.165, 1.54) is 6.07 Å². The number of amides is 1. The Morgan fingerprint density at radius 2 is 2.06 bits per heavy atom. The van der Waals surface area contributed by atoms with Gasteiger partial charge in [0.05, 0.1) is 5.69 Å². The van der Waals surface area contributed by atoms with E-state index in [2.05, 4.69) is 10.6 Å². The first-order chi connectivity index (χ1) is 8.43. The molecule has 3 nitrogen and oxygen atoms in total. The molecular weight excluding hydrogens is 231 g/mol. The molecule has 0 radical (unpaired) electrons. The standard InChI is InChI=1S/C14H21FN2O/c1-5-10(3)16-14(18)11(4)17-13-8-9(2)6-7-12(13)15/h6-8,10-11,17H,5H2,1-4H3,(H,16,18). The summed E-state index contributed by atoms with van der Waals surface area (Å²) in [6, 6.07) is 4.46. The van der Waals surface area contributed by atoms with E-state index < -0.39 is 6.04 Å². The van der Waals surface area contributed by atoms with Crippen molar-refractivity contribution in [1.29, 1.82) is 0 Å². The molecule has 0 fully saturated rings. The van der Waals surface area contributed by atoms with Crippen LogP contribution in [0.25, 0.3) is 0 Å². The second-order valence-corrected chi connectivity index (χ2v) is 4.67. The fourth-order valence-corrected chi connectivity index (χ4v) is 1.52. The lowest BCUT2D eigenvalue weighted by molar-refractivity contribution is -0.122. The molecule has 0 heterocycles. The lowest BCUT2D eigenvalue weighted by Gasteiger charge is -2.18. The van der Waals surface area contributed by atoms with Crippen LogP contribution in [0.5, 0.6) is 0 Å². The van der Waals surface area contributed by atoms with Crippen molar-refractivity contribution < 1.29 is 9.18 Å². The quantitative estimate of drug-likeness (QED) is 0.846. The zero-order valence-electron chi connectivity index (χ0n) is 11.4. The van der Waals surface area contributed by atoms with Gasteiger partial charge in [-0.05, 0) is 44.9 Å². The van der Waals surface area contributed by atoms with Crippen LogP contribution in [0.4, 0.5) is 10.1 Å². The Balaban J connectivity index is 2.66.